The van der Waals surface area contributed by atoms with Gasteiger partial charge in [-0.05, 0) is 116 Å². The molecule has 4 aromatic carbocycles. The van der Waals surface area contributed by atoms with Crippen LogP contribution in [0.3, 0.4) is 0 Å². The first-order valence-electron chi connectivity index (χ1n) is 22.9. The number of hydrogen-bond donors (Lipinski definition) is 3. The minimum absolute atomic E-state index is 0.00228. The third-order valence-corrected chi connectivity index (χ3v) is 9.65. The van der Waals surface area contributed by atoms with Gasteiger partial charge in [0.1, 0.15) is 42.8 Å². The van der Waals surface area contributed by atoms with Crippen molar-refractivity contribution in [2.75, 3.05) is 46.1 Å². The lowest BCUT2D eigenvalue weighted by molar-refractivity contribution is -0.141. The van der Waals surface area contributed by atoms with Crippen molar-refractivity contribution in [3.05, 3.63) is 168 Å². The Morgan fingerprint density at radius 1 is 0.365 bits per heavy atom. The Hall–Kier alpha value is -9.26. The van der Waals surface area contributed by atoms with E-state index < -0.39 is 48.1 Å². The van der Waals surface area contributed by atoms with Gasteiger partial charge in [0.2, 0.25) is 0 Å². The molecule has 0 bridgehead atoms. The average molecular weight is 1020 g/mol. The summed E-state index contributed by atoms with van der Waals surface area (Å²) in [4.78, 5) is 97.7. The number of rotatable bonds is 25. The Balaban J connectivity index is 1.72. The van der Waals surface area contributed by atoms with Crippen molar-refractivity contribution >= 4 is 59.3 Å². The van der Waals surface area contributed by atoms with E-state index in [1.54, 1.807) is 97.1 Å². The SMILES string of the molecule is C=C(C)C(=O)OCCCC(=O)Oc1ccc(C(=C(c2ccc(OC(=O)NCCOC(=O)C(=C)C)cc2)c2ccc(OC(=O)NCCOC(=O)C(=C)C)cc2)c2ccc(OC(=O)NCCOC(=O)C(=C)C)cc2)cc1. The molecule has 0 heterocycles. The van der Waals surface area contributed by atoms with Crippen LogP contribution in [0.25, 0.3) is 11.1 Å². The molecular weight excluding hydrogens is 959 g/mol. The number of carbonyl (C=O) groups is 8. The van der Waals surface area contributed by atoms with Gasteiger partial charge < -0.3 is 53.8 Å². The number of amides is 3. The fourth-order valence-electron chi connectivity index (χ4n) is 6.05. The standard InChI is InChI=1S/C55H57N3O16/c1-34(2)49(60)67-30-9-10-46(59)71-42-19-11-38(12-20-42)47(39-13-21-43(22-14-39)72-53(64)56-27-31-68-50(61)35(3)4)48(40-15-23-44(24-16-40)73-54(65)57-28-32-69-51(62)36(5)6)41-17-25-45(26-18-41)74-55(66)58-29-33-70-52(63)37(7)8/h11-26H,1,3,5,7,9-10,27-33H2,2,4,6,8H3,(H,56,64)(H,57,65)(H,58,66). The van der Waals surface area contributed by atoms with Crippen molar-refractivity contribution in [2.45, 2.75) is 40.5 Å². The summed E-state index contributed by atoms with van der Waals surface area (Å²) in [5, 5.41) is 7.55. The zero-order valence-corrected chi connectivity index (χ0v) is 41.5. The van der Waals surface area contributed by atoms with Crippen molar-refractivity contribution in [2.24, 2.45) is 0 Å². The van der Waals surface area contributed by atoms with Crippen LogP contribution in [-0.4, -0.2) is 94.2 Å². The molecule has 0 aromatic heterocycles. The van der Waals surface area contributed by atoms with Crippen molar-refractivity contribution in [3.63, 3.8) is 0 Å². The van der Waals surface area contributed by atoms with Gasteiger partial charge in [0.05, 0.1) is 26.2 Å². The van der Waals surface area contributed by atoms with Gasteiger partial charge in [0.15, 0.2) is 0 Å². The maximum absolute atomic E-state index is 12.8. The minimum Gasteiger partial charge on any atom is -0.462 e. The van der Waals surface area contributed by atoms with E-state index in [-0.39, 0.29) is 104 Å². The molecule has 4 aromatic rings. The van der Waals surface area contributed by atoms with Gasteiger partial charge in [-0.25, -0.2) is 33.6 Å². The third-order valence-electron chi connectivity index (χ3n) is 9.65. The second kappa shape index (κ2) is 29.2. The first kappa shape index (κ1) is 57.3. The zero-order valence-electron chi connectivity index (χ0n) is 41.5. The number of hydrogen-bond acceptors (Lipinski definition) is 16. The van der Waals surface area contributed by atoms with Crippen LogP contribution in [0.2, 0.25) is 0 Å². The summed E-state index contributed by atoms with van der Waals surface area (Å²) in [6.07, 6.45) is -2.22. The average Bonchev–Trinajstić information content (AvgIpc) is 3.37. The predicted octanol–water partition coefficient (Wildman–Crippen LogP) is 8.12. The minimum atomic E-state index is -0.803. The van der Waals surface area contributed by atoms with Gasteiger partial charge >= 0.3 is 48.1 Å². The highest BCUT2D eigenvalue weighted by molar-refractivity contribution is 6.05. The van der Waals surface area contributed by atoms with Crippen molar-refractivity contribution in [3.8, 4) is 23.0 Å². The first-order valence-corrected chi connectivity index (χ1v) is 22.9. The quantitative estimate of drug-likeness (QED) is 0.0142. The normalized spacial score (nSPS) is 10.2. The predicted molar refractivity (Wildman–Crippen MR) is 271 cm³/mol. The number of ether oxygens (including phenoxy) is 8. The lowest BCUT2D eigenvalue weighted by atomic mass is 9.85. The molecule has 388 valence electrons. The van der Waals surface area contributed by atoms with E-state index in [1.165, 1.54) is 27.7 Å². The molecule has 0 saturated carbocycles. The second-order valence-corrected chi connectivity index (χ2v) is 16.0. The Labute approximate surface area is 427 Å². The van der Waals surface area contributed by atoms with E-state index in [2.05, 4.69) is 42.3 Å². The summed E-state index contributed by atoms with van der Waals surface area (Å²) >= 11 is 0. The molecule has 0 saturated heterocycles. The Bertz CT molecular complexity index is 2380. The van der Waals surface area contributed by atoms with E-state index in [9.17, 15) is 38.4 Å². The number of esters is 5. The van der Waals surface area contributed by atoms with Crippen molar-refractivity contribution in [1.29, 1.82) is 0 Å². The molecule has 4 rings (SSSR count). The van der Waals surface area contributed by atoms with Gasteiger partial charge in [-0.15, -0.1) is 0 Å². The van der Waals surface area contributed by atoms with Crippen LogP contribution in [0.15, 0.2) is 146 Å². The lowest BCUT2D eigenvalue weighted by Gasteiger charge is -2.19. The Kier molecular flexibility index (Phi) is 22.6. The molecule has 3 N–H and O–H groups in total. The van der Waals surface area contributed by atoms with E-state index in [0.717, 1.165) is 0 Å². The van der Waals surface area contributed by atoms with E-state index >= 15 is 0 Å². The fourth-order valence-corrected chi connectivity index (χ4v) is 6.05. The summed E-state index contributed by atoms with van der Waals surface area (Å²) in [5.74, 6) is -2.18. The summed E-state index contributed by atoms with van der Waals surface area (Å²) in [5.41, 5.74) is 4.49. The van der Waals surface area contributed by atoms with E-state index in [4.69, 9.17) is 37.9 Å². The van der Waals surface area contributed by atoms with Gasteiger partial charge in [-0.1, -0.05) is 74.8 Å². The molecule has 19 nitrogen and oxygen atoms in total. The fraction of sp³-hybridized carbons (Fsp3) is 0.236. The van der Waals surface area contributed by atoms with Gasteiger partial charge in [-0.2, -0.15) is 0 Å². The Morgan fingerprint density at radius 2 is 0.608 bits per heavy atom. The van der Waals surface area contributed by atoms with Gasteiger partial charge in [-0.3, -0.25) is 4.79 Å². The van der Waals surface area contributed by atoms with E-state index in [1.807, 2.05) is 0 Å². The van der Waals surface area contributed by atoms with Crippen LogP contribution < -0.4 is 34.9 Å². The van der Waals surface area contributed by atoms with Crippen LogP contribution in [-0.2, 0) is 42.9 Å². The van der Waals surface area contributed by atoms with Crippen LogP contribution in [0.4, 0.5) is 14.4 Å². The molecule has 0 aliphatic carbocycles. The van der Waals surface area contributed by atoms with Crippen LogP contribution in [0.1, 0.15) is 62.8 Å². The van der Waals surface area contributed by atoms with E-state index in [0.29, 0.717) is 33.4 Å². The summed E-state index contributed by atoms with van der Waals surface area (Å²) in [6, 6.07) is 26.4. The number of benzene rings is 4. The molecule has 3 amide bonds. The topological polar surface area (TPSA) is 246 Å². The number of nitrogens with one attached hydrogen (secondary N) is 3. The molecule has 0 spiro atoms. The zero-order chi connectivity index (χ0) is 54.2. The second-order valence-electron chi connectivity index (χ2n) is 16.0. The molecule has 19 heteroatoms. The first-order chi connectivity index (χ1) is 35.3. The maximum atomic E-state index is 12.8. The molecule has 0 aliphatic rings. The number of carbonyl (C=O) groups excluding carboxylic acids is 8. The van der Waals surface area contributed by atoms with Crippen LogP contribution >= 0.6 is 0 Å². The molecular formula is C55H57N3O16. The van der Waals surface area contributed by atoms with Crippen LogP contribution in [0.5, 0.6) is 23.0 Å². The third kappa shape index (κ3) is 19.5. The molecule has 74 heavy (non-hydrogen) atoms. The highest BCUT2D eigenvalue weighted by atomic mass is 16.6. The van der Waals surface area contributed by atoms with Crippen LogP contribution in [0, 0.1) is 0 Å². The highest BCUT2D eigenvalue weighted by Gasteiger charge is 2.20. The van der Waals surface area contributed by atoms with Crippen molar-refractivity contribution < 1.29 is 76.3 Å². The van der Waals surface area contributed by atoms with Gasteiger partial charge in [0, 0.05) is 28.7 Å². The highest BCUT2D eigenvalue weighted by Crippen LogP contribution is 2.39. The molecule has 0 aliphatic heterocycles. The smallest absolute Gasteiger partial charge is 0.412 e. The largest absolute Gasteiger partial charge is 0.462 e. The molecule has 0 atom stereocenters. The molecule has 0 fully saturated rings. The van der Waals surface area contributed by atoms with Gasteiger partial charge in [0.25, 0.3) is 0 Å². The molecule has 0 radical (unpaired) electrons. The summed E-state index contributed by atoms with van der Waals surface area (Å²) in [7, 11) is 0. The lowest BCUT2D eigenvalue weighted by Crippen LogP contribution is -2.30. The monoisotopic (exact) mass is 1020 g/mol. The maximum Gasteiger partial charge on any atom is 0.412 e. The van der Waals surface area contributed by atoms with Crippen molar-refractivity contribution in [1.82, 2.24) is 16.0 Å². The molecule has 0 unspecified atom stereocenters. The summed E-state index contributed by atoms with van der Waals surface area (Å²) in [6.45, 7) is 19.7. The summed E-state index contributed by atoms with van der Waals surface area (Å²) < 4.78 is 42.2. The Morgan fingerprint density at radius 3 is 0.865 bits per heavy atom.